The predicted octanol–water partition coefficient (Wildman–Crippen LogP) is 15.4. The van der Waals surface area contributed by atoms with E-state index in [1.165, 1.54) is 64.9 Å². The maximum Gasteiger partial charge on any atom is 0.251 e. The maximum absolute atomic E-state index is 7.58. The summed E-state index contributed by atoms with van der Waals surface area (Å²) in [7, 11) is 0. The van der Waals surface area contributed by atoms with Crippen LogP contribution in [-0.2, 0) is 0 Å². The summed E-state index contributed by atoms with van der Waals surface area (Å²) in [4.78, 5) is 9.81. The van der Waals surface area contributed by atoms with Gasteiger partial charge in [0, 0.05) is 73.1 Å². The summed E-state index contributed by atoms with van der Waals surface area (Å²) in [5.41, 5.74) is 21.8. The van der Waals surface area contributed by atoms with Gasteiger partial charge >= 0.3 is 0 Å². The van der Waals surface area contributed by atoms with Crippen LogP contribution in [0.3, 0.4) is 0 Å². The second-order valence-electron chi connectivity index (χ2n) is 21.4. The second-order valence-corrected chi connectivity index (χ2v) is 22.5. The van der Waals surface area contributed by atoms with Gasteiger partial charge in [0.2, 0.25) is 6.71 Å². The van der Waals surface area contributed by atoms with Gasteiger partial charge in [0.25, 0.3) is 6.71 Å². The van der Waals surface area contributed by atoms with Gasteiger partial charge < -0.3 is 19.4 Å². The molecule has 0 radical (unpaired) electrons. The largest absolute Gasteiger partial charge is 0.458 e. The van der Waals surface area contributed by atoms with Crippen molar-refractivity contribution in [1.82, 2.24) is 0 Å². The number of rotatable bonds is 11. The third-order valence-corrected chi connectivity index (χ3v) is 16.8. The summed E-state index contributed by atoms with van der Waals surface area (Å²) in [5, 5.41) is 0. The van der Waals surface area contributed by atoms with Gasteiger partial charge in [-0.25, -0.2) is 0 Å². The van der Waals surface area contributed by atoms with E-state index in [4.69, 9.17) is 4.74 Å². The van der Waals surface area contributed by atoms with Crippen molar-refractivity contribution >= 4 is 109 Å². The molecule has 0 atom stereocenters. The number of fused-ring (bicyclic) bond motifs is 6. The van der Waals surface area contributed by atoms with E-state index in [-0.39, 0.29) is 25.3 Å². The van der Waals surface area contributed by atoms with E-state index >= 15 is 0 Å². The highest BCUT2D eigenvalue weighted by atomic mass is 32.2. The standard InChI is InChI=1S/C69H59B2N3OS/c1-45(2)48-38-56(46(3)4)68(57(39-48)47(5)6)70-58-37-36-54(72(49-24-12-7-13-25-49)50-26-14-8-15-27-50)41-64(58)75-65-44-62-60(43-61(65)70)71-59-34-22-23-35-66(59)76-67-42-55(40-63(69(67)71)74(62)53-32-20-11-21-33-53)73(51-28-16-9-17-29-51)52-30-18-10-19-31-52/h7-47H,1-6H3. The van der Waals surface area contributed by atoms with Crippen LogP contribution in [0.25, 0.3) is 0 Å². The second kappa shape index (κ2) is 19.5. The number of hydrogen-bond donors (Lipinski definition) is 0. The minimum absolute atomic E-state index is 0.0363. The van der Waals surface area contributed by atoms with Gasteiger partial charge in [0.05, 0.1) is 0 Å². The third kappa shape index (κ3) is 8.20. The lowest BCUT2D eigenvalue weighted by molar-refractivity contribution is 0.488. The zero-order chi connectivity index (χ0) is 51.6. The molecule has 0 saturated carbocycles. The monoisotopic (exact) mass is 999 g/mol. The van der Waals surface area contributed by atoms with Gasteiger partial charge in [-0.05, 0) is 141 Å². The van der Waals surface area contributed by atoms with Crippen molar-refractivity contribution < 1.29 is 4.74 Å². The molecular formula is C69H59B2N3OS. The molecule has 0 spiro atoms. The fraction of sp³-hybridized carbons (Fsp3) is 0.130. The highest BCUT2D eigenvalue weighted by Gasteiger charge is 2.45. The summed E-state index contributed by atoms with van der Waals surface area (Å²) in [6.07, 6.45) is 0. The molecule has 3 heterocycles. The molecule has 0 saturated heterocycles. The summed E-state index contributed by atoms with van der Waals surface area (Å²) < 4.78 is 7.58. The minimum Gasteiger partial charge on any atom is -0.458 e. The molecule has 0 aliphatic carbocycles. The number of anilines is 9. The third-order valence-electron chi connectivity index (χ3n) is 15.7. The van der Waals surface area contributed by atoms with Gasteiger partial charge in [-0.1, -0.05) is 198 Å². The van der Waals surface area contributed by atoms with E-state index in [2.05, 4.69) is 287 Å². The zero-order valence-electron chi connectivity index (χ0n) is 44.0. The van der Waals surface area contributed by atoms with Gasteiger partial charge in [0.1, 0.15) is 11.5 Å². The number of hydrogen-bond acceptors (Lipinski definition) is 5. The van der Waals surface area contributed by atoms with E-state index in [0.29, 0.717) is 5.92 Å². The lowest BCUT2D eigenvalue weighted by Gasteiger charge is -2.42. The summed E-state index contributed by atoms with van der Waals surface area (Å²) in [6, 6.07) is 84.8. The average molecular weight is 1000 g/mol. The van der Waals surface area contributed by atoms with Crippen molar-refractivity contribution in [1.29, 1.82) is 0 Å². The summed E-state index contributed by atoms with van der Waals surface area (Å²) >= 11 is 1.89. The zero-order valence-corrected chi connectivity index (χ0v) is 44.8. The molecule has 3 aliphatic heterocycles. The van der Waals surface area contributed by atoms with Crippen molar-refractivity contribution in [2.45, 2.75) is 69.1 Å². The first-order valence-electron chi connectivity index (χ1n) is 27.0. The first kappa shape index (κ1) is 47.6. The van der Waals surface area contributed by atoms with Crippen molar-refractivity contribution in [2.24, 2.45) is 0 Å². The Hall–Kier alpha value is -8.12. The van der Waals surface area contributed by atoms with Gasteiger partial charge in [0.15, 0.2) is 0 Å². The Labute approximate surface area is 453 Å². The van der Waals surface area contributed by atoms with Crippen molar-refractivity contribution in [3.8, 4) is 11.5 Å². The SMILES string of the molecule is CC(C)c1cc(C(C)C)c(B2c3ccc(N(c4ccccc4)c4ccccc4)cc3Oc3cc4c(cc32)B2c3ccccc3Sc3cc(N(c5ccccc5)c5ccccc5)cc(c32)N4c2ccccc2)c(C(C)C)c1. The Kier molecular flexibility index (Phi) is 12.2. The molecule has 0 N–H and O–H groups in total. The Morgan fingerprint density at radius 1 is 0.368 bits per heavy atom. The molecule has 13 rings (SSSR count). The summed E-state index contributed by atoms with van der Waals surface area (Å²) in [6.45, 7) is 14.0. The van der Waals surface area contributed by atoms with E-state index in [9.17, 15) is 0 Å². The van der Waals surface area contributed by atoms with Crippen LogP contribution in [0.5, 0.6) is 11.5 Å². The molecule has 0 fully saturated rings. The molecule has 3 aliphatic rings. The Bertz CT molecular complexity index is 3670. The van der Waals surface area contributed by atoms with Crippen molar-refractivity contribution in [3.05, 3.63) is 247 Å². The topological polar surface area (TPSA) is 19.0 Å². The van der Waals surface area contributed by atoms with E-state index in [1.54, 1.807) is 0 Å². The number of benzene rings is 10. The molecule has 10 aromatic rings. The van der Waals surface area contributed by atoms with Crippen molar-refractivity contribution in [2.75, 3.05) is 14.7 Å². The molecule has 0 bridgehead atoms. The molecule has 0 amide bonds. The normalized spacial score (nSPS) is 12.9. The van der Waals surface area contributed by atoms with Crippen LogP contribution in [0.15, 0.2) is 240 Å². The Morgan fingerprint density at radius 3 is 1.42 bits per heavy atom. The predicted molar refractivity (Wildman–Crippen MR) is 326 cm³/mol. The molecule has 0 aromatic heterocycles. The van der Waals surface area contributed by atoms with E-state index in [0.717, 1.165) is 57.0 Å². The van der Waals surface area contributed by atoms with Crippen LogP contribution in [0, 0.1) is 0 Å². The number of nitrogens with zero attached hydrogens (tertiary/aromatic N) is 3. The Balaban J connectivity index is 1.09. The average Bonchev–Trinajstić information content (AvgIpc) is 3.65. The molecule has 7 heteroatoms. The van der Waals surface area contributed by atoms with Crippen LogP contribution < -0.4 is 52.2 Å². The molecule has 76 heavy (non-hydrogen) atoms. The summed E-state index contributed by atoms with van der Waals surface area (Å²) in [5.74, 6) is 2.72. The molecule has 368 valence electrons. The van der Waals surface area contributed by atoms with Crippen LogP contribution in [0.2, 0.25) is 0 Å². The molecule has 0 unspecified atom stereocenters. The molecule has 4 nitrogen and oxygen atoms in total. The lowest BCUT2D eigenvalue weighted by Crippen LogP contribution is -2.63. The van der Waals surface area contributed by atoms with Crippen molar-refractivity contribution in [3.63, 3.8) is 0 Å². The highest BCUT2D eigenvalue weighted by molar-refractivity contribution is 8.00. The van der Waals surface area contributed by atoms with E-state index in [1.807, 2.05) is 11.8 Å². The number of para-hydroxylation sites is 5. The quantitative estimate of drug-likeness (QED) is 0.120. The maximum atomic E-state index is 7.58. The number of ether oxygens (including phenoxy) is 1. The first-order chi connectivity index (χ1) is 37.2. The van der Waals surface area contributed by atoms with Gasteiger partial charge in [-0.3, -0.25) is 0 Å². The molecular weight excluding hydrogens is 940 g/mol. The Morgan fingerprint density at radius 2 is 0.868 bits per heavy atom. The van der Waals surface area contributed by atoms with Crippen LogP contribution in [0.1, 0.15) is 76.0 Å². The fourth-order valence-electron chi connectivity index (χ4n) is 12.2. The van der Waals surface area contributed by atoms with Gasteiger partial charge in [-0.15, -0.1) is 0 Å². The van der Waals surface area contributed by atoms with Gasteiger partial charge in [-0.2, -0.15) is 0 Å². The lowest BCUT2D eigenvalue weighted by atomic mass is 9.31. The van der Waals surface area contributed by atoms with E-state index < -0.39 is 0 Å². The fourth-order valence-corrected chi connectivity index (χ4v) is 13.4. The molecule has 10 aromatic carbocycles. The smallest absolute Gasteiger partial charge is 0.251 e. The van der Waals surface area contributed by atoms with Crippen LogP contribution >= 0.6 is 11.8 Å². The van der Waals surface area contributed by atoms with Crippen LogP contribution in [-0.4, -0.2) is 13.4 Å². The van der Waals surface area contributed by atoms with Crippen LogP contribution in [0.4, 0.5) is 51.2 Å². The minimum atomic E-state index is -0.108. The highest BCUT2D eigenvalue weighted by Crippen LogP contribution is 2.48. The first-order valence-corrected chi connectivity index (χ1v) is 27.8.